The Bertz CT molecular complexity index is 434. The van der Waals surface area contributed by atoms with E-state index in [2.05, 4.69) is 46.4 Å². The lowest BCUT2D eigenvalue weighted by atomic mass is 10.1. The fourth-order valence-corrected chi connectivity index (χ4v) is 3.15. The van der Waals surface area contributed by atoms with Crippen LogP contribution in [-0.4, -0.2) is 11.5 Å². The highest BCUT2D eigenvalue weighted by Crippen LogP contribution is 2.21. The molecular formula is C13H18N2S2. The second kappa shape index (κ2) is 6.28. The molecule has 1 atom stereocenters. The Kier molecular flexibility index (Phi) is 4.71. The van der Waals surface area contributed by atoms with Crippen molar-refractivity contribution in [3.63, 3.8) is 0 Å². The van der Waals surface area contributed by atoms with Gasteiger partial charge in [-0.15, -0.1) is 11.3 Å². The van der Waals surface area contributed by atoms with Crippen LogP contribution in [0.4, 0.5) is 0 Å². The van der Waals surface area contributed by atoms with Gasteiger partial charge < -0.3 is 5.32 Å². The minimum Gasteiger partial charge on any atom is -0.310 e. The first kappa shape index (κ1) is 12.7. The summed E-state index contributed by atoms with van der Waals surface area (Å²) in [5, 5.41) is 11.3. The Balaban J connectivity index is 2.05. The van der Waals surface area contributed by atoms with Gasteiger partial charge in [0.2, 0.25) is 0 Å². The minimum absolute atomic E-state index is 0.405. The van der Waals surface area contributed by atoms with E-state index in [0.29, 0.717) is 6.04 Å². The van der Waals surface area contributed by atoms with Crippen LogP contribution in [0.1, 0.15) is 35.7 Å². The number of thiophene rings is 1. The first-order chi connectivity index (χ1) is 8.29. The molecular weight excluding hydrogens is 248 g/mol. The molecule has 0 saturated heterocycles. The van der Waals surface area contributed by atoms with Gasteiger partial charge in [-0.2, -0.15) is 11.3 Å². The van der Waals surface area contributed by atoms with Gasteiger partial charge in [0.15, 0.2) is 0 Å². The molecule has 0 aromatic carbocycles. The summed E-state index contributed by atoms with van der Waals surface area (Å²) < 4.78 is 0. The Labute approximate surface area is 111 Å². The molecule has 92 valence electrons. The van der Waals surface area contributed by atoms with Crippen LogP contribution < -0.4 is 5.32 Å². The summed E-state index contributed by atoms with van der Waals surface area (Å²) in [6, 6.07) is 2.61. The summed E-state index contributed by atoms with van der Waals surface area (Å²) in [7, 11) is 0. The highest BCUT2D eigenvalue weighted by Gasteiger charge is 2.13. The Hall–Kier alpha value is -0.710. The number of rotatable bonds is 6. The van der Waals surface area contributed by atoms with Gasteiger partial charge in [0.25, 0.3) is 0 Å². The summed E-state index contributed by atoms with van der Waals surface area (Å²) in [6.45, 7) is 5.32. The third-order valence-corrected chi connectivity index (χ3v) is 4.19. The van der Waals surface area contributed by atoms with Gasteiger partial charge in [0, 0.05) is 17.8 Å². The van der Waals surface area contributed by atoms with Crippen LogP contribution >= 0.6 is 22.7 Å². The zero-order valence-corrected chi connectivity index (χ0v) is 11.9. The molecule has 0 saturated carbocycles. The molecule has 0 bridgehead atoms. The van der Waals surface area contributed by atoms with Crippen molar-refractivity contribution in [1.82, 2.24) is 10.3 Å². The van der Waals surface area contributed by atoms with Gasteiger partial charge in [0.05, 0.1) is 10.7 Å². The van der Waals surface area contributed by atoms with Gasteiger partial charge in [-0.05, 0) is 42.3 Å². The van der Waals surface area contributed by atoms with Gasteiger partial charge >= 0.3 is 0 Å². The average Bonchev–Trinajstić information content (AvgIpc) is 2.95. The second-order valence-electron chi connectivity index (χ2n) is 4.13. The number of nitrogens with one attached hydrogen (secondary N) is 1. The van der Waals surface area contributed by atoms with Crippen molar-refractivity contribution in [3.05, 3.63) is 38.5 Å². The number of hydrogen-bond donors (Lipinski definition) is 1. The first-order valence-electron chi connectivity index (χ1n) is 5.96. The number of thiazole rings is 1. The van der Waals surface area contributed by atoms with E-state index < -0.39 is 0 Å². The molecule has 2 heterocycles. The molecule has 0 aliphatic carbocycles. The van der Waals surface area contributed by atoms with E-state index in [4.69, 9.17) is 0 Å². The molecule has 0 spiro atoms. The summed E-state index contributed by atoms with van der Waals surface area (Å²) >= 11 is 3.49. The monoisotopic (exact) mass is 266 g/mol. The highest BCUT2D eigenvalue weighted by molar-refractivity contribution is 7.09. The molecule has 2 aromatic heterocycles. The summed E-state index contributed by atoms with van der Waals surface area (Å²) in [4.78, 5) is 4.55. The molecule has 0 fully saturated rings. The lowest BCUT2D eigenvalue weighted by molar-refractivity contribution is 0.526. The van der Waals surface area contributed by atoms with E-state index in [9.17, 15) is 0 Å². The van der Waals surface area contributed by atoms with Crippen LogP contribution in [0.25, 0.3) is 0 Å². The van der Waals surface area contributed by atoms with Gasteiger partial charge in [-0.3, -0.25) is 0 Å². The van der Waals surface area contributed by atoms with E-state index in [1.165, 1.54) is 11.3 Å². The number of nitrogens with zero attached hydrogens (tertiary/aromatic N) is 1. The minimum atomic E-state index is 0.405. The quantitative estimate of drug-likeness (QED) is 0.860. The predicted molar refractivity (Wildman–Crippen MR) is 75.9 cm³/mol. The SMILES string of the molecule is CCCNC(Cc1csc(C)n1)c1ccsc1. The van der Waals surface area contributed by atoms with E-state index in [-0.39, 0.29) is 0 Å². The van der Waals surface area contributed by atoms with Crippen LogP contribution in [0.2, 0.25) is 0 Å². The molecule has 0 aliphatic heterocycles. The van der Waals surface area contributed by atoms with Crippen molar-refractivity contribution in [2.24, 2.45) is 0 Å². The first-order valence-corrected chi connectivity index (χ1v) is 7.78. The fourth-order valence-electron chi connectivity index (χ4n) is 1.81. The molecule has 0 radical (unpaired) electrons. The van der Waals surface area contributed by atoms with Crippen molar-refractivity contribution >= 4 is 22.7 Å². The van der Waals surface area contributed by atoms with Crippen LogP contribution in [0.5, 0.6) is 0 Å². The van der Waals surface area contributed by atoms with Crippen molar-refractivity contribution in [2.75, 3.05) is 6.54 Å². The van der Waals surface area contributed by atoms with Crippen molar-refractivity contribution in [3.8, 4) is 0 Å². The maximum atomic E-state index is 4.55. The summed E-state index contributed by atoms with van der Waals surface area (Å²) in [6.07, 6.45) is 2.15. The molecule has 4 heteroatoms. The van der Waals surface area contributed by atoms with Gasteiger partial charge in [0.1, 0.15) is 0 Å². The normalized spacial score (nSPS) is 12.8. The van der Waals surface area contributed by atoms with Gasteiger partial charge in [-0.1, -0.05) is 6.92 Å². The van der Waals surface area contributed by atoms with E-state index in [0.717, 1.165) is 24.4 Å². The van der Waals surface area contributed by atoms with Crippen molar-refractivity contribution in [1.29, 1.82) is 0 Å². The summed E-state index contributed by atoms with van der Waals surface area (Å²) in [5.74, 6) is 0. The fraction of sp³-hybridized carbons (Fsp3) is 0.462. The Morgan fingerprint density at radius 2 is 2.29 bits per heavy atom. The van der Waals surface area contributed by atoms with Crippen LogP contribution in [0.3, 0.4) is 0 Å². The zero-order valence-electron chi connectivity index (χ0n) is 10.3. The number of hydrogen-bond acceptors (Lipinski definition) is 4. The second-order valence-corrected chi connectivity index (χ2v) is 5.97. The van der Waals surface area contributed by atoms with Gasteiger partial charge in [-0.25, -0.2) is 4.98 Å². The largest absolute Gasteiger partial charge is 0.310 e. The van der Waals surface area contributed by atoms with Crippen LogP contribution in [-0.2, 0) is 6.42 Å². The topological polar surface area (TPSA) is 24.9 Å². The molecule has 17 heavy (non-hydrogen) atoms. The van der Waals surface area contributed by atoms with Crippen molar-refractivity contribution in [2.45, 2.75) is 32.7 Å². The maximum Gasteiger partial charge on any atom is 0.0897 e. The van der Waals surface area contributed by atoms with Crippen LogP contribution in [0, 0.1) is 6.92 Å². The highest BCUT2D eigenvalue weighted by atomic mass is 32.1. The van der Waals surface area contributed by atoms with E-state index in [1.807, 2.05) is 0 Å². The lowest BCUT2D eigenvalue weighted by Gasteiger charge is -2.16. The Morgan fingerprint density at radius 1 is 1.41 bits per heavy atom. The smallest absolute Gasteiger partial charge is 0.0897 e. The van der Waals surface area contributed by atoms with E-state index >= 15 is 0 Å². The predicted octanol–water partition coefficient (Wildman–Crippen LogP) is 3.80. The number of aromatic nitrogens is 1. The lowest BCUT2D eigenvalue weighted by Crippen LogP contribution is -2.23. The van der Waals surface area contributed by atoms with E-state index in [1.54, 1.807) is 22.7 Å². The molecule has 0 aliphatic rings. The molecule has 1 unspecified atom stereocenters. The maximum absolute atomic E-state index is 4.55. The standard InChI is InChI=1S/C13H18N2S2/c1-3-5-14-13(11-4-6-16-8-11)7-12-9-17-10(2)15-12/h4,6,8-9,13-14H,3,5,7H2,1-2H3. The third kappa shape index (κ3) is 3.63. The molecule has 2 aromatic rings. The molecule has 2 rings (SSSR count). The third-order valence-electron chi connectivity index (χ3n) is 2.67. The molecule has 1 N–H and O–H groups in total. The average molecular weight is 266 g/mol. The number of aryl methyl sites for hydroxylation is 1. The summed E-state index contributed by atoms with van der Waals surface area (Å²) in [5.41, 5.74) is 2.58. The zero-order chi connectivity index (χ0) is 12.1. The Morgan fingerprint density at radius 3 is 2.88 bits per heavy atom. The molecule has 0 amide bonds. The molecule has 2 nitrogen and oxygen atoms in total. The van der Waals surface area contributed by atoms with Crippen molar-refractivity contribution < 1.29 is 0 Å². The van der Waals surface area contributed by atoms with Crippen LogP contribution in [0.15, 0.2) is 22.2 Å².